The third-order valence-electron chi connectivity index (χ3n) is 6.04. The van der Waals surface area contributed by atoms with E-state index in [0.29, 0.717) is 48.9 Å². The first-order valence-corrected chi connectivity index (χ1v) is 9.68. The second kappa shape index (κ2) is 6.45. The number of ether oxygens (including phenoxy) is 1. The van der Waals surface area contributed by atoms with Crippen LogP contribution in [-0.4, -0.2) is 33.7 Å². The van der Waals surface area contributed by atoms with Crippen LogP contribution in [0.5, 0.6) is 5.88 Å². The summed E-state index contributed by atoms with van der Waals surface area (Å²) < 4.78 is 33.0. The zero-order valence-electron chi connectivity index (χ0n) is 15.3. The normalized spacial score (nSPS) is 29.3. The molecule has 29 heavy (non-hydrogen) atoms. The molecule has 1 atom stereocenters. The van der Waals surface area contributed by atoms with Crippen molar-refractivity contribution in [2.24, 2.45) is 15.9 Å². The predicted molar refractivity (Wildman–Crippen MR) is 100 cm³/mol. The maximum Gasteiger partial charge on any atom is 0.249 e. The molecule has 1 aromatic carbocycles. The van der Waals surface area contributed by atoms with Crippen molar-refractivity contribution in [2.75, 3.05) is 6.61 Å². The molecule has 1 amide bonds. The minimum absolute atomic E-state index is 0.0447. The molecule has 2 heterocycles. The minimum atomic E-state index is -0.661. The Morgan fingerprint density at radius 3 is 2.59 bits per heavy atom. The van der Waals surface area contributed by atoms with Gasteiger partial charge in [0, 0.05) is 30.2 Å². The van der Waals surface area contributed by atoms with Crippen LogP contribution >= 0.6 is 11.6 Å². The quantitative estimate of drug-likeness (QED) is 0.690. The summed E-state index contributed by atoms with van der Waals surface area (Å²) in [6.45, 7) is 0.456. The number of halogens is 3. The third-order valence-corrected chi connectivity index (χ3v) is 6.24. The van der Waals surface area contributed by atoms with E-state index < -0.39 is 23.1 Å². The highest BCUT2D eigenvalue weighted by Gasteiger charge is 2.73. The Morgan fingerprint density at radius 2 is 1.90 bits per heavy atom. The number of nitrogens with zero attached hydrogens (tertiary/aromatic N) is 4. The summed E-state index contributed by atoms with van der Waals surface area (Å²) in [5.41, 5.74) is -0.0891. The molecule has 1 aliphatic heterocycles. The van der Waals surface area contributed by atoms with E-state index in [9.17, 15) is 13.6 Å². The number of hydrazone groups is 1. The number of rotatable bonds is 5. The topological polar surface area (TPSA) is 67.7 Å². The van der Waals surface area contributed by atoms with Gasteiger partial charge in [0.05, 0.1) is 18.1 Å². The standard InChI is InChI=1S/C20H17ClF2N4O2/c21-16-6-17(25-11-24-16)29-10-19-7-20(8-19,9-19)18(28)27-15(1-2-26-27)12-3-13(22)5-14(23)4-12/h2-6,11,15H,1,7-10H2. The number of amides is 1. The molecule has 4 aliphatic rings. The van der Waals surface area contributed by atoms with Gasteiger partial charge in [-0.25, -0.2) is 23.8 Å². The fourth-order valence-corrected chi connectivity index (χ4v) is 5.04. The van der Waals surface area contributed by atoms with E-state index in [2.05, 4.69) is 15.1 Å². The number of carbonyl (C=O) groups is 1. The molecule has 9 heteroatoms. The average Bonchev–Trinajstić information content (AvgIpc) is 3.08. The van der Waals surface area contributed by atoms with Crippen molar-refractivity contribution in [2.45, 2.75) is 31.7 Å². The fourth-order valence-electron chi connectivity index (χ4n) is 4.90. The fraction of sp³-hybridized carbons (Fsp3) is 0.400. The largest absolute Gasteiger partial charge is 0.477 e. The summed E-state index contributed by atoms with van der Waals surface area (Å²) in [5.74, 6) is -1.00. The molecule has 3 aliphatic carbocycles. The first kappa shape index (κ1) is 18.4. The van der Waals surface area contributed by atoms with Gasteiger partial charge in [-0.1, -0.05) is 11.6 Å². The average molecular weight is 419 g/mol. The van der Waals surface area contributed by atoms with Gasteiger partial charge >= 0.3 is 0 Å². The molecule has 150 valence electrons. The van der Waals surface area contributed by atoms with Gasteiger partial charge in [0.2, 0.25) is 11.8 Å². The van der Waals surface area contributed by atoms with E-state index >= 15 is 0 Å². The summed E-state index contributed by atoms with van der Waals surface area (Å²) in [4.78, 5) is 21.0. The van der Waals surface area contributed by atoms with Crippen molar-refractivity contribution in [3.63, 3.8) is 0 Å². The molecule has 1 aromatic heterocycles. The Morgan fingerprint density at radius 1 is 1.17 bits per heavy atom. The highest BCUT2D eigenvalue weighted by Crippen LogP contribution is 2.74. The highest BCUT2D eigenvalue weighted by atomic mass is 35.5. The molecule has 0 saturated heterocycles. The molecule has 0 radical (unpaired) electrons. The Balaban J connectivity index is 1.24. The second-order valence-corrected chi connectivity index (χ2v) is 8.57. The summed E-state index contributed by atoms with van der Waals surface area (Å²) in [6.07, 6.45) is 5.50. The first-order chi connectivity index (χ1) is 13.9. The number of hydrogen-bond donors (Lipinski definition) is 0. The maximum atomic E-state index is 13.6. The van der Waals surface area contributed by atoms with Crippen LogP contribution in [0.15, 0.2) is 35.7 Å². The number of aromatic nitrogens is 2. The summed E-state index contributed by atoms with van der Waals surface area (Å²) in [6, 6.07) is 4.41. The van der Waals surface area contributed by atoms with Gasteiger partial charge in [-0.3, -0.25) is 4.79 Å². The van der Waals surface area contributed by atoms with Crippen LogP contribution in [0.3, 0.4) is 0 Å². The van der Waals surface area contributed by atoms with E-state index in [0.717, 1.165) is 6.07 Å². The van der Waals surface area contributed by atoms with Crippen LogP contribution in [-0.2, 0) is 4.79 Å². The lowest BCUT2D eigenvalue weighted by molar-refractivity contribution is -0.227. The van der Waals surface area contributed by atoms with Gasteiger partial charge in [-0.2, -0.15) is 5.10 Å². The monoisotopic (exact) mass is 418 g/mol. The number of hydrogen-bond acceptors (Lipinski definition) is 5. The van der Waals surface area contributed by atoms with Crippen molar-refractivity contribution in [1.29, 1.82) is 0 Å². The molecule has 0 N–H and O–H groups in total. The maximum absolute atomic E-state index is 13.6. The lowest BCUT2D eigenvalue weighted by atomic mass is 9.35. The summed E-state index contributed by atoms with van der Waals surface area (Å²) in [5, 5.41) is 5.90. The highest BCUT2D eigenvalue weighted by molar-refractivity contribution is 6.29. The van der Waals surface area contributed by atoms with Crippen LogP contribution in [0.1, 0.15) is 37.3 Å². The second-order valence-electron chi connectivity index (χ2n) is 8.18. The Labute approximate surface area is 170 Å². The smallest absolute Gasteiger partial charge is 0.249 e. The van der Waals surface area contributed by atoms with E-state index in [1.807, 2.05) is 0 Å². The van der Waals surface area contributed by atoms with E-state index in [4.69, 9.17) is 16.3 Å². The first-order valence-electron chi connectivity index (χ1n) is 9.31. The van der Waals surface area contributed by atoms with Crippen molar-refractivity contribution in [1.82, 2.24) is 15.0 Å². The molecule has 0 spiro atoms. The predicted octanol–water partition coefficient (Wildman–Crippen LogP) is 3.92. The van der Waals surface area contributed by atoms with E-state index in [1.54, 1.807) is 12.3 Å². The number of carbonyl (C=O) groups excluding carboxylic acids is 1. The third kappa shape index (κ3) is 3.06. The number of benzene rings is 1. The van der Waals surface area contributed by atoms with Crippen LogP contribution in [0, 0.1) is 22.5 Å². The van der Waals surface area contributed by atoms with E-state index in [1.165, 1.54) is 23.5 Å². The van der Waals surface area contributed by atoms with Crippen molar-refractivity contribution < 1.29 is 18.3 Å². The minimum Gasteiger partial charge on any atom is -0.477 e. The molecule has 6 rings (SSSR count). The Hall–Kier alpha value is -2.61. The SMILES string of the molecule is O=C(N1N=CCC1c1cc(F)cc(F)c1)C12CC(COc3cc(Cl)ncn3)(C1)C2. The van der Waals surface area contributed by atoms with Crippen LogP contribution in [0.2, 0.25) is 5.15 Å². The Bertz CT molecular complexity index is 991. The van der Waals surface area contributed by atoms with Crippen LogP contribution in [0.25, 0.3) is 0 Å². The summed E-state index contributed by atoms with van der Waals surface area (Å²) in [7, 11) is 0. The van der Waals surface area contributed by atoms with Gasteiger partial charge in [0.1, 0.15) is 23.1 Å². The van der Waals surface area contributed by atoms with Crippen molar-refractivity contribution >= 4 is 23.7 Å². The van der Waals surface area contributed by atoms with Gasteiger partial charge < -0.3 is 4.74 Å². The zero-order chi connectivity index (χ0) is 20.2. The Kier molecular flexibility index (Phi) is 4.10. The van der Waals surface area contributed by atoms with Crippen LogP contribution < -0.4 is 4.74 Å². The molecular weight excluding hydrogens is 402 g/mol. The lowest BCUT2D eigenvalue weighted by Gasteiger charge is -2.69. The van der Waals surface area contributed by atoms with Crippen molar-refractivity contribution in [3.8, 4) is 5.88 Å². The molecule has 6 nitrogen and oxygen atoms in total. The molecule has 3 saturated carbocycles. The van der Waals surface area contributed by atoms with Gasteiger partial charge in [-0.05, 0) is 37.0 Å². The van der Waals surface area contributed by atoms with Crippen LogP contribution in [0.4, 0.5) is 8.78 Å². The van der Waals surface area contributed by atoms with E-state index in [-0.39, 0.29) is 11.3 Å². The summed E-state index contributed by atoms with van der Waals surface area (Å²) >= 11 is 5.83. The van der Waals surface area contributed by atoms with Gasteiger partial charge in [0.25, 0.3) is 0 Å². The molecule has 1 unspecified atom stereocenters. The molecule has 3 fully saturated rings. The van der Waals surface area contributed by atoms with Gasteiger partial charge in [-0.15, -0.1) is 0 Å². The van der Waals surface area contributed by atoms with Gasteiger partial charge in [0.15, 0.2) is 0 Å². The molecule has 2 aromatic rings. The zero-order valence-corrected chi connectivity index (χ0v) is 16.1. The van der Waals surface area contributed by atoms with Crippen molar-refractivity contribution in [3.05, 3.63) is 52.9 Å². The molecule has 2 bridgehead atoms. The molecular formula is C20H17ClF2N4O2. The lowest BCUT2D eigenvalue weighted by Crippen LogP contribution is -2.69.